The first-order chi connectivity index (χ1) is 25.4. The third-order valence-electron chi connectivity index (χ3n) is 11.2. The number of hydrogen-bond acceptors (Lipinski definition) is 9. The maximum absolute atomic E-state index is 14.1. The second-order valence-electron chi connectivity index (χ2n) is 15.3. The van der Waals surface area contributed by atoms with Crippen molar-refractivity contribution >= 4 is 29.7 Å². The molecule has 0 spiro atoms. The van der Waals surface area contributed by atoms with E-state index in [1.54, 1.807) is 4.90 Å². The molecule has 0 aliphatic carbocycles. The standard InChI is InChI=1S/C40H56N6O7.CH4/c1-27(2)52-36(47)26-42-14-10-32(11-15-42)43-19-21-44(22-20-43)38(49)35(25-30-23-28(3)37(48)29(4)24-30)53-40(51)45-16-12-33(13-17-45)46-18-9-31-7-5-6-8-34(31)41-39(46)50;/h5-8,23-24,27,32-33,35,48H,9-22,25-26H2,1-4H3,(H,41,50);1H4/t35-;/m1./s1. The summed E-state index contributed by atoms with van der Waals surface area (Å²) in [5.41, 5.74) is 4.19. The van der Waals surface area contributed by atoms with E-state index in [9.17, 15) is 24.3 Å². The van der Waals surface area contributed by atoms with Crippen LogP contribution in [0.3, 0.4) is 0 Å². The van der Waals surface area contributed by atoms with Crippen molar-refractivity contribution in [3.63, 3.8) is 0 Å². The number of nitrogens with zero attached hydrogens (tertiary/aromatic N) is 5. The Balaban J connectivity index is 0.00000561. The molecule has 4 amide bonds. The minimum atomic E-state index is -1.01. The highest BCUT2D eigenvalue weighted by atomic mass is 16.6. The van der Waals surface area contributed by atoms with Crippen LogP contribution in [0.5, 0.6) is 5.75 Å². The molecule has 2 N–H and O–H groups in total. The van der Waals surface area contributed by atoms with E-state index in [1.165, 1.54) is 0 Å². The van der Waals surface area contributed by atoms with Crippen LogP contribution in [0.15, 0.2) is 36.4 Å². The van der Waals surface area contributed by atoms with E-state index in [0.29, 0.717) is 69.3 Å². The van der Waals surface area contributed by atoms with Gasteiger partial charge >= 0.3 is 18.1 Å². The summed E-state index contributed by atoms with van der Waals surface area (Å²) >= 11 is 0. The van der Waals surface area contributed by atoms with Crippen molar-refractivity contribution in [1.82, 2.24) is 24.5 Å². The average molecular weight is 749 g/mol. The zero-order valence-corrected chi connectivity index (χ0v) is 31.7. The molecular weight excluding hydrogens is 688 g/mol. The number of anilines is 1. The minimum absolute atomic E-state index is 0. The van der Waals surface area contributed by atoms with Gasteiger partial charge in [0.1, 0.15) is 5.75 Å². The van der Waals surface area contributed by atoms with Gasteiger partial charge in [0, 0.05) is 83.1 Å². The van der Waals surface area contributed by atoms with Crippen LogP contribution in [0.4, 0.5) is 15.3 Å². The van der Waals surface area contributed by atoms with E-state index < -0.39 is 12.2 Å². The van der Waals surface area contributed by atoms with Crippen molar-refractivity contribution < 1.29 is 33.8 Å². The third kappa shape index (κ3) is 10.0. The minimum Gasteiger partial charge on any atom is -0.507 e. The number of phenolic OH excluding ortho intramolecular Hbond substituents is 1. The first-order valence-corrected chi connectivity index (χ1v) is 19.3. The molecule has 1 atom stereocenters. The fraction of sp³-hybridized carbons (Fsp3) is 0.610. The van der Waals surface area contributed by atoms with Gasteiger partial charge in [0.2, 0.25) is 0 Å². The Hall–Kier alpha value is -4.36. The van der Waals surface area contributed by atoms with E-state index in [1.807, 2.05) is 73.9 Å². The molecule has 6 rings (SSSR count). The molecule has 0 aromatic heterocycles. The highest BCUT2D eigenvalue weighted by Crippen LogP contribution is 2.27. The topological polar surface area (TPSA) is 135 Å². The number of piperidine rings is 2. The number of piperazine rings is 1. The van der Waals surface area contributed by atoms with Crippen LogP contribution < -0.4 is 5.32 Å². The lowest BCUT2D eigenvalue weighted by Gasteiger charge is -2.43. The predicted octanol–water partition coefficient (Wildman–Crippen LogP) is 4.81. The van der Waals surface area contributed by atoms with E-state index in [0.717, 1.165) is 62.3 Å². The first kappa shape index (κ1) is 40.8. The summed E-state index contributed by atoms with van der Waals surface area (Å²) in [5.74, 6) is -0.178. The van der Waals surface area contributed by atoms with Gasteiger partial charge in [-0.2, -0.15) is 0 Å². The molecule has 54 heavy (non-hydrogen) atoms. The lowest BCUT2D eigenvalue weighted by atomic mass is 10.00. The lowest BCUT2D eigenvalue weighted by molar-refractivity contribution is -0.149. The number of rotatable bonds is 9. The maximum atomic E-state index is 14.1. The maximum Gasteiger partial charge on any atom is 0.410 e. The number of nitrogens with one attached hydrogen (secondary N) is 1. The molecule has 0 saturated carbocycles. The number of aromatic hydroxyl groups is 1. The third-order valence-corrected chi connectivity index (χ3v) is 11.2. The second-order valence-corrected chi connectivity index (χ2v) is 15.3. The zero-order valence-electron chi connectivity index (χ0n) is 31.7. The summed E-state index contributed by atoms with van der Waals surface area (Å²) in [4.78, 5) is 63.0. The van der Waals surface area contributed by atoms with Crippen LogP contribution in [0, 0.1) is 13.8 Å². The van der Waals surface area contributed by atoms with E-state index in [-0.39, 0.29) is 49.7 Å². The van der Waals surface area contributed by atoms with Gasteiger partial charge in [-0.15, -0.1) is 0 Å². The predicted molar refractivity (Wildman–Crippen MR) is 208 cm³/mol. The van der Waals surface area contributed by atoms with Crippen molar-refractivity contribution in [1.29, 1.82) is 0 Å². The van der Waals surface area contributed by atoms with Gasteiger partial charge < -0.3 is 34.6 Å². The molecule has 4 heterocycles. The van der Waals surface area contributed by atoms with Gasteiger partial charge in [-0.3, -0.25) is 19.4 Å². The Labute approximate surface area is 320 Å². The number of ether oxygens (including phenoxy) is 2. The fourth-order valence-electron chi connectivity index (χ4n) is 8.29. The molecule has 4 aliphatic heterocycles. The van der Waals surface area contributed by atoms with Crippen molar-refractivity contribution in [3.8, 4) is 5.75 Å². The van der Waals surface area contributed by atoms with Crippen LogP contribution in [-0.2, 0) is 31.9 Å². The SMILES string of the molecule is C.Cc1cc(C[C@@H](OC(=O)N2CCC(N3CCc4ccccc4NC3=O)CC2)C(=O)N2CCN(C3CCN(CC(=O)OC(C)C)CC3)CC2)cc(C)c1O. The summed E-state index contributed by atoms with van der Waals surface area (Å²) in [7, 11) is 0. The summed E-state index contributed by atoms with van der Waals surface area (Å²) in [6.45, 7) is 13.3. The Morgan fingerprint density at radius 1 is 0.833 bits per heavy atom. The first-order valence-electron chi connectivity index (χ1n) is 19.3. The van der Waals surface area contributed by atoms with Gasteiger partial charge in [0.25, 0.3) is 5.91 Å². The number of aryl methyl sites for hydroxylation is 2. The van der Waals surface area contributed by atoms with Crippen molar-refractivity contribution in [3.05, 3.63) is 58.7 Å². The Bertz CT molecular complexity index is 1600. The monoisotopic (exact) mass is 748 g/mol. The molecule has 3 saturated heterocycles. The highest BCUT2D eigenvalue weighted by molar-refractivity contribution is 5.91. The number of carbonyl (C=O) groups is 4. The van der Waals surface area contributed by atoms with E-state index in [4.69, 9.17) is 9.47 Å². The molecule has 2 aromatic carbocycles. The summed E-state index contributed by atoms with van der Waals surface area (Å²) in [6.07, 6.45) is 2.46. The van der Waals surface area contributed by atoms with Crippen molar-refractivity contribution in [2.45, 2.75) is 97.9 Å². The van der Waals surface area contributed by atoms with Crippen molar-refractivity contribution in [2.75, 3.05) is 70.8 Å². The van der Waals surface area contributed by atoms with Crippen LogP contribution in [0.1, 0.15) is 69.2 Å². The number of benzene rings is 2. The number of urea groups is 1. The van der Waals surface area contributed by atoms with Crippen LogP contribution in [0.25, 0.3) is 0 Å². The quantitative estimate of drug-likeness (QED) is 0.347. The molecular formula is C41H60N6O7. The van der Waals surface area contributed by atoms with Gasteiger partial charge in [0.05, 0.1) is 12.6 Å². The zero-order chi connectivity index (χ0) is 37.6. The number of carbonyl (C=O) groups excluding carboxylic acids is 4. The van der Waals surface area contributed by atoms with Crippen LogP contribution >= 0.6 is 0 Å². The number of amides is 4. The Morgan fingerprint density at radius 3 is 2.11 bits per heavy atom. The number of para-hydroxylation sites is 1. The molecule has 13 heteroatoms. The summed E-state index contributed by atoms with van der Waals surface area (Å²) < 4.78 is 11.4. The number of hydrogen-bond donors (Lipinski definition) is 2. The molecule has 0 bridgehead atoms. The normalized spacial score (nSPS) is 19.7. The lowest BCUT2D eigenvalue weighted by Crippen LogP contribution is -2.57. The summed E-state index contributed by atoms with van der Waals surface area (Å²) in [5, 5.41) is 13.4. The fourth-order valence-corrected chi connectivity index (χ4v) is 8.29. The van der Waals surface area contributed by atoms with Gasteiger partial charge in [-0.05, 0) is 88.1 Å². The molecule has 3 fully saturated rings. The van der Waals surface area contributed by atoms with Crippen LogP contribution in [-0.4, -0.2) is 143 Å². The van der Waals surface area contributed by atoms with E-state index in [2.05, 4.69) is 15.1 Å². The largest absolute Gasteiger partial charge is 0.507 e. The molecule has 2 aromatic rings. The molecule has 0 radical (unpaired) electrons. The Kier molecular flexibility index (Phi) is 13.8. The Morgan fingerprint density at radius 2 is 1.46 bits per heavy atom. The molecule has 0 unspecified atom stereocenters. The molecule has 296 valence electrons. The molecule has 4 aliphatic rings. The molecule has 13 nitrogen and oxygen atoms in total. The van der Waals surface area contributed by atoms with Crippen LogP contribution in [0.2, 0.25) is 0 Å². The number of likely N-dealkylation sites (tertiary alicyclic amines) is 2. The van der Waals surface area contributed by atoms with Gasteiger partial charge in [0.15, 0.2) is 6.10 Å². The average Bonchev–Trinajstić information content (AvgIpc) is 3.31. The second kappa shape index (κ2) is 18.3. The highest BCUT2D eigenvalue weighted by Gasteiger charge is 2.36. The van der Waals surface area contributed by atoms with Gasteiger partial charge in [-0.25, -0.2) is 9.59 Å². The number of fused-ring (bicyclic) bond motifs is 1. The summed E-state index contributed by atoms with van der Waals surface area (Å²) in [6, 6.07) is 11.8. The number of esters is 1. The van der Waals surface area contributed by atoms with Crippen molar-refractivity contribution in [2.24, 2.45) is 0 Å². The number of phenols is 1. The van der Waals surface area contributed by atoms with Gasteiger partial charge in [-0.1, -0.05) is 37.8 Å². The smallest absolute Gasteiger partial charge is 0.410 e. The van der Waals surface area contributed by atoms with E-state index >= 15 is 0 Å².